The van der Waals surface area contributed by atoms with E-state index in [9.17, 15) is 14.7 Å². The number of amides is 1. The lowest BCUT2D eigenvalue weighted by Gasteiger charge is -2.20. The van der Waals surface area contributed by atoms with Gasteiger partial charge in [0.2, 0.25) is 5.91 Å². The average Bonchev–Trinajstić information content (AvgIpc) is 2.00. The second kappa shape index (κ2) is 6.36. The molecule has 6 heteroatoms. The van der Waals surface area contributed by atoms with Crippen LogP contribution < -0.4 is 11.1 Å². The molecule has 0 aliphatic heterocycles. The number of carbonyl (C=O) groups excluding carboxylic acids is 1. The molecule has 15 heavy (non-hydrogen) atoms. The monoisotopic (exact) mass is 218 g/mol. The van der Waals surface area contributed by atoms with Crippen molar-refractivity contribution in [2.24, 2.45) is 11.7 Å². The number of nitrogens with one attached hydrogen (secondary N) is 1. The van der Waals surface area contributed by atoms with E-state index in [-0.39, 0.29) is 18.9 Å². The van der Waals surface area contributed by atoms with Crippen molar-refractivity contribution in [3.8, 4) is 0 Å². The lowest BCUT2D eigenvalue weighted by atomic mass is 10.0. The Hall–Kier alpha value is -1.14. The van der Waals surface area contributed by atoms with Crippen LogP contribution in [0.4, 0.5) is 0 Å². The van der Waals surface area contributed by atoms with E-state index in [4.69, 9.17) is 10.8 Å². The van der Waals surface area contributed by atoms with E-state index in [2.05, 4.69) is 5.32 Å². The molecule has 0 heterocycles. The van der Waals surface area contributed by atoms with Crippen LogP contribution in [0.1, 0.15) is 20.3 Å². The molecule has 0 radical (unpaired) electrons. The van der Waals surface area contributed by atoms with Gasteiger partial charge in [-0.15, -0.1) is 0 Å². The molecular formula is C9H18N2O4. The van der Waals surface area contributed by atoms with Crippen molar-refractivity contribution in [2.45, 2.75) is 32.4 Å². The molecule has 0 fully saturated rings. The van der Waals surface area contributed by atoms with Crippen LogP contribution in [0.2, 0.25) is 0 Å². The maximum absolute atomic E-state index is 10.9. The van der Waals surface area contributed by atoms with E-state index < -0.39 is 24.0 Å². The van der Waals surface area contributed by atoms with Gasteiger partial charge in [0, 0.05) is 6.54 Å². The van der Waals surface area contributed by atoms with Crippen LogP contribution in [0.15, 0.2) is 0 Å². The zero-order chi connectivity index (χ0) is 12.0. The first-order valence-corrected chi connectivity index (χ1v) is 4.77. The summed E-state index contributed by atoms with van der Waals surface area (Å²) >= 11 is 0. The van der Waals surface area contributed by atoms with Crippen molar-refractivity contribution >= 4 is 11.9 Å². The van der Waals surface area contributed by atoms with E-state index in [0.717, 1.165) is 0 Å². The number of primary amides is 1. The van der Waals surface area contributed by atoms with Gasteiger partial charge < -0.3 is 21.3 Å². The van der Waals surface area contributed by atoms with Crippen molar-refractivity contribution in [1.82, 2.24) is 5.32 Å². The number of aliphatic carboxylic acids is 1. The Morgan fingerprint density at radius 1 is 1.40 bits per heavy atom. The maximum Gasteiger partial charge on any atom is 0.306 e. The van der Waals surface area contributed by atoms with Crippen molar-refractivity contribution < 1.29 is 19.8 Å². The Kier molecular flexibility index (Phi) is 5.88. The molecule has 0 spiro atoms. The third kappa shape index (κ3) is 6.03. The van der Waals surface area contributed by atoms with Crippen LogP contribution in [0.25, 0.3) is 0 Å². The second-order valence-electron chi connectivity index (χ2n) is 3.78. The molecule has 1 amide bonds. The Bertz CT molecular complexity index is 230. The zero-order valence-electron chi connectivity index (χ0n) is 8.93. The summed E-state index contributed by atoms with van der Waals surface area (Å²) in [5, 5.41) is 20.4. The lowest BCUT2D eigenvalue weighted by Crippen LogP contribution is -2.47. The average molecular weight is 218 g/mol. The number of aliphatic hydroxyl groups is 1. The predicted molar refractivity (Wildman–Crippen MR) is 54.1 cm³/mol. The Balaban J connectivity index is 3.99. The van der Waals surface area contributed by atoms with Gasteiger partial charge in [-0.25, -0.2) is 0 Å². The number of carboxylic acids is 1. The van der Waals surface area contributed by atoms with Gasteiger partial charge in [0.1, 0.15) is 0 Å². The second-order valence-corrected chi connectivity index (χ2v) is 3.78. The summed E-state index contributed by atoms with van der Waals surface area (Å²) in [4.78, 5) is 21.2. The third-order valence-corrected chi connectivity index (χ3v) is 1.96. The summed E-state index contributed by atoms with van der Waals surface area (Å²) in [6, 6.07) is -0.548. The van der Waals surface area contributed by atoms with E-state index in [1.165, 1.54) is 0 Å². The van der Waals surface area contributed by atoms with Gasteiger partial charge in [0.25, 0.3) is 0 Å². The van der Waals surface area contributed by atoms with Gasteiger partial charge >= 0.3 is 5.97 Å². The van der Waals surface area contributed by atoms with E-state index in [1.807, 2.05) is 13.8 Å². The minimum Gasteiger partial charge on any atom is -0.481 e. The molecule has 0 aliphatic carbocycles. The number of hydrogen-bond acceptors (Lipinski definition) is 4. The number of aliphatic hydroxyl groups excluding tert-OH is 1. The zero-order valence-corrected chi connectivity index (χ0v) is 8.93. The number of carbonyl (C=O) groups is 2. The van der Waals surface area contributed by atoms with Crippen LogP contribution >= 0.6 is 0 Å². The molecule has 0 bridgehead atoms. The van der Waals surface area contributed by atoms with Gasteiger partial charge in [-0.3, -0.25) is 9.59 Å². The van der Waals surface area contributed by atoms with Gasteiger partial charge in [-0.05, 0) is 5.92 Å². The predicted octanol–water partition coefficient (Wildman–Crippen LogP) is -1.08. The highest BCUT2D eigenvalue weighted by Gasteiger charge is 2.20. The molecule has 0 aromatic rings. The molecule has 6 nitrogen and oxygen atoms in total. The summed E-state index contributed by atoms with van der Waals surface area (Å²) in [5.41, 5.74) is 5.13. The Morgan fingerprint density at radius 3 is 2.27 bits per heavy atom. The summed E-state index contributed by atoms with van der Waals surface area (Å²) in [5.74, 6) is -1.59. The highest BCUT2D eigenvalue weighted by molar-refractivity contribution is 5.80. The number of rotatable bonds is 7. The highest BCUT2D eigenvalue weighted by Crippen LogP contribution is 2.01. The summed E-state index contributed by atoms with van der Waals surface area (Å²) in [7, 11) is 0. The highest BCUT2D eigenvalue weighted by atomic mass is 16.4. The topological polar surface area (TPSA) is 113 Å². The van der Waals surface area contributed by atoms with Gasteiger partial charge in [-0.2, -0.15) is 0 Å². The van der Waals surface area contributed by atoms with Crippen LogP contribution in [0.5, 0.6) is 0 Å². The fourth-order valence-electron chi connectivity index (χ4n) is 1.20. The van der Waals surface area contributed by atoms with Crippen molar-refractivity contribution in [3.63, 3.8) is 0 Å². The first-order chi connectivity index (χ1) is 6.84. The molecule has 5 N–H and O–H groups in total. The minimum absolute atomic E-state index is 0.000437. The standard InChI is InChI=1S/C9H18N2O4/c1-5(2)8(9(10)15)11-4-6(12)3-7(13)14/h5-6,8,11-12H,3-4H2,1-2H3,(H2,10,15)(H,13,14). The summed E-state index contributed by atoms with van der Waals surface area (Å²) in [6.07, 6.45) is -1.36. The van der Waals surface area contributed by atoms with E-state index >= 15 is 0 Å². The molecule has 0 rings (SSSR count). The number of nitrogens with two attached hydrogens (primary N) is 1. The van der Waals surface area contributed by atoms with Crippen LogP contribution in [-0.4, -0.2) is 40.8 Å². The van der Waals surface area contributed by atoms with Crippen molar-refractivity contribution in [2.75, 3.05) is 6.54 Å². The molecular weight excluding hydrogens is 200 g/mol. The molecule has 88 valence electrons. The quantitative estimate of drug-likeness (QED) is 0.434. The Labute approximate surface area is 88.5 Å². The Morgan fingerprint density at radius 2 is 1.93 bits per heavy atom. The number of hydrogen-bond donors (Lipinski definition) is 4. The first kappa shape index (κ1) is 13.9. The molecule has 0 saturated carbocycles. The fourth-order valence-corrected chi connectivity index (χ4v) is 1.20. The normalized spacial score (nSPS) is 14.9. The summed E-state index contributed by atoms with van der Waals surface area (Å²) < 4.78 is 0. The minimum atomic E-state index is -1.08. The number of carboxylic acid groups (broad SMARTS) is 1. The SMILES string of the molecule is CC(C)C(NCC(O)CC(=O)O)C(N)=O. The smallest absolute Gasteiger partial charge is 0.306 e. The first-order valence-electron chi connectivity index (χ1n) is 4.77. The summed E-state index contributed by atoms with van der Waals surface area (Å²) in [6.45, 7) is 3.66. The fraction of sp³-hybridized carbons (Fsp3) is 0.778. The van der Waals surface area contributed by atoms with Crippen molar-refractivity contribution in [1.29, 1.82) is 0 Å². The largest absolute Gasteiger partial charge is 0.481 e. The maximum atomic E-state index is 10.9. The van der Waals surface area contributed by atoms with Crippen LogP contribution in [0, 0.1) is 5.92 Å². The van der Waals surface area contributed by atoms with E-state index in [1.54, 1.807) is 0 Å². The third-order valence-electron chi connectivity index (χ3n) is 1.96. The van der Waals surface area contributed by atoms with Crippen LogP contribution in [0.3, 0.4) is 0 Å². The molecule has 2 atom stereocenters. The van der Waals surface area contributed by atoms with Gasteiger partial charge in [0.15, 0.2) is 0 Å². The molecule has 0 aromatic carbocycles. The molecule has 0 aliphatic rings. The van der Waals surface area contributed by atoms with Gasteiger partial charge in [-0.1, -0.05) is 13.8 Å². The molecule has 2 unspecified atom stereocenters. The van der Waals surface area contributed by atoms with E-state index in [0.29, 0.717) is 0 Å². The van der Waals surface area contributed by atoms with Gasteiger partial charge in [0.05, 0.1) is 18.6 Å². The van der Waals surface area contributed by atoms with Crippen molar-refractivity contribution in [3.05, 3.63) is 0 Å². The van der Waals surface area contributed by atoms with Crippen LogP contribution in [-0.2, 0) is 9.59 Å². The molecule has 0 aromatic heterocycles. The molecule has 0 saturated heterocycles. The lowest BCUT2D eigenvalue weighted by molar-refractivity contribution is -0.139.